The summed E-state index contributed by atoms with van der Waals surface area (Å²) in [6.45, 7) is 13.6. The van der Waals surface area contributed by atoms with Crippen molar-refractivity contribution < 1.29 is 14.3 Å². The predicted molar refractivity (Wildman–Crippen MR) is 133 cm³/mol. The van der Waals surface area contributed by atoms with Gasteiger partial charge in [0.25, 0.3) is 0 Å². The van der Waals surface area contributed by atoms with Gasteiger partial charge in [0, 0.05) is 17.8 Å². The molecule has 0 radical (unpaired) electrons. The molecule has 3 rings (SSSR count). The number of allylic oxidation sites excluding steroid dienone is 1. The normalized spacial score (nSPS) is 11.7. The zero-order chi connectivity index (χ0) is 24.2. The van der Waals surface area contributed by atoms with Gasteiger partial charge in [0.05, 0.1) is 18.9 Å². The number of aryl methyl sites for hydroxylation is 2. The van der Waals surface area contributed by atoms with Crippen molar-refractivity contribution in [2.75, 3.05) is 7.11 Å². The third-order valence-corrected chi connectivity index (χ3v) is 5.73. The Bertz CT molecular complexity index is 1170. The highest BCUT2D eigenvalue weighted by atomic mass is 16.5. The lowest BCUT2D eigenvalue weighted by Gasteiger charge is -2.23. The molecule has 0 spiro atoms. The molecular formula is C28H34N2O3. The molecule has 0 saturated heterocycles. The number of methoxy groups -OCH3 is 1. The van der Waals surface area contributed by atoms with Gasteiger partial charge in [-0.25, -0.2) is 0 Å². The van der Waals surface area contributed by atoms with Crippen molar-refractivity contribution in [3.05, 3.63) is 82.2 Å². The maximum atomic E-state index is 12.7. The molecule has 0 amide bonds. The van der Waals surface area contributed by atoms with Crippen LogP contribution in [0.4, 0.5) is 0 Å². The predicted octanol–water partition coefficient (Wildman–Crippen LogP) is 6.30. The van der Waals surface area contributed by atoms with E-state index in [1.807, 2.05) is 42.8 Å². The number of hydrogen-bond donors (Lipinski definition) is 0. The number of benzene rings is 2. The molecule has 0 atom stereocenters. The summed E-state index contributed by atoms with van der Waals surface area (Å²) in [4.78, 5) is 12.7. The van der Waals surface area contributed by atoms with Gasteiger partial charge in [0.15, 0.2) is 5.78 Å². The van der Waals surface area contributed by atoms with E-state index in [1.165, 1.54) is 0 Å². The van der Waals surface area contributed by atoms with Crippen LogP contribution in [0.1, 0.15) is 66.0 Å². The highest BCUT2D eigenvalue weighted by Crippen LogP contribution is 2.33. The van der Waals surface area contributed by atoms with E-state index in [0.717, 1.165) is 46.0 Å². The summed E-state index contributed by atoms with van der Waals surface area (Å²) in [6.07, 6.45) is 5.05. The first-order valence-electron chi connectivity index (χ1n) is 11.3. The third kappa shape index (κ3) is 5.72. The van der Waals surface area contributed by atoms with Gasteiger partial charge < -0.3 is 9.47 Å². The summed E-state index contributed by atoms with van der Waals surface area (Å²) in [5, 5.41) is 4.26. The molecule has 0 unspecified atom stereocenters. The highest BCUT2D eigenvalue weighted by Gasteiger charge is 2.19. The summed E-state index contributed by atoms with van der Waals surface area (Å²) in [6, 6.07) is 12.2. The van der Waals surface area contributed by atoms with Gasteiger partial charge in [-0.3, -0.25) is 9.48 Å². The Hall–Kier alpha value is -3.34. The summed E-state index contributed by atoms with van der Waals surface area (Å²) < 4.78 is 13.6. The molecule has 1 heterocycles. The first-order chi connectivity index (χ1) is 15.6. The number of rotatable bonds is 8. The Morgan fingerprint density at radius 2 is 1.85 bits per heavy atom. The van der Waals surface area contributed by atoms with E-state index in [4.69, 9.17) is 9.47 Å². The molecule has 0 aliphatic heterocycles. The lowest BCUT2D eigenvalue weighted by molar-refractivity contribution is 0.104. The van der Waals surface area contributed by atoms with Crippen molar-refractivity contribution >= 4 is 11.9 Å². The second-order valence-electron chi connectivity index (χ2n) is 9.27. The van der Waals surface area contributed by atoms with E-state index >= 15 is 0 Å². The summed E-state index contributed by atoms with van der Waals surface area (Å²) >= 11 is 0. The van der Waals surface area contributed by atoms with Crippen molar-refractivity contribution in [3.8, 4) is 11.5 Å². The number of aromatic nitrogens is 2. The fourth-order valence-electron chi connectivity index (χ4n) is 3.81. The lowest BCUT2D eigenvalue weighted by Crippen LogP contribution is -2.13. The van der Waals surface area contributed by atoms with Gasteiger partial charge in [-0.15, -0.1) is 0 Å². The van der Waals surface area contributed by atoms with E-state index in [-0.39, 0.29) is 11.2 Å². The van der Waals surface area contributed by atoms with Crippen LogP contribution in [0.3, 0.4) is 0 Å². The molecule has 0 fully saturated rings. The number of carbonyl (C=O) groups is 1. The van der Waals surface area contributed by atoms with Crippen LogP contribution in [-0.2, 0) is 18.6 Å². The SMILES string of the molecule is CCn1ncc(C(=O)/C=C/c2ccc(OC)c(COc3cc(C)ccc3C(C)(C)C)c2)c1C. The van der Waals surface area contributed by atoms with Crippen LogP contribution < -0.4 is 9.47 Å². The lowest BCUT2D eigenvalue weighted by atomic mass is 9.86. The first kappa shape index (κ1) is 24.3. The van der Waals surface area contributed by atoms with E-state index in [2.05, 4.69) is 51.0 Å². The number of hydrogen-bond acceptors (Lipinski definition) is 4. The van der Waals surface area contributed by atoms with Crippen molar-refractivity contribution in [3.63, 3.8) is 0 Å². The van der Waals surface area contributed by atoms with Crippen LogP contribution in [0.5, 0.6) is 11.5 Å². The highest BCUT2D eigenvalue weighted by molar-refractivity contribution is 6.07. The summed E-state index contributed by atoms with van der Waals surface area (Å²) in [7, 11) is 1.65. The van der Waals surface area contributed by atoms with Crippen molar-refractivity contribution in [1.82, 2.24) is 9.78 Å². The third-order valence-electron chi connectivity index (χ3n) is 5.73. The zero-order valence-corrected chi connectivity index (χ0v) is 20.7. The molecule has 33 heavy (non-hydrogen) atoms. The van der Waals surface area contributed by atoms with Gasteiger partial charge in [0.1, 0.15) is 18.1 Å². The minimum atomic E-state index is -0.0598. The Morgan fingerprint density at radius 3 is 2.48 bits per heavy atom. The zero-order valence-electron chi connectivity index (χ0n) is 20.7. The molecule has 0 saturated carbocycles. The largest absolute Gasteiger partial charge is 0.496 e. The minimum absolute atomic E-state index is 0.0260. The number of ether oxygens (including phenoxy) is 2. The average molecular weight is 447 g/mol. The molecule has 174 valence electrons. The molecule has 0 bridgehead atoms. The van der Waals surface area contributed by atoms with Gasteiger partial charge in [-0.05, 0) is 67.2 Å². The number of ketones is 1. The van der Waals surface area contributed by atoms with Gasteiger partial charge in [-0.2, -0.15) is 5.10 Å². The van der Waals surface area contributed by atoms with Crippen LogP contribution >= 0.6 is 0 Å². The molecule has 2 aromatic carbocycles. The van der Waals surface area contributed by atoms with Crippen LogP contribution in [0.25, 0.3) is 6.08 Å². The van der Waals surface area contributed by atoms with Crippen LogP contribution in [0.2, 0.25) is 0 Å². The maximum absolute atomic E-state index is 12.7. The fraction of sp³-hybridized carbons (Fsp3) is 0.357. The van der Waals surface area contributed by atoms with Crippen LogP contribution in [0, 0.1) is 13.8 Å². The minimum Gasteiger partial charge on any atom is -0.496 e. The average Bonchev–Trinajstić information content (AvgIpc) is 3.15. The van der Waals surface area contributed by atoms with E-state index in [0.29, 0.717) is 12.2 Å². The quantitative estimate of drug-likeness (QED) is 0.301. The molecule has 0 aliphatic rings. The summed E-state index contributed by atoms with van der Waals surface area (Å²) in [5.74, 6) is 1.57. The second kappa shape index (κ2) is 10.1. The monoisotopic (exact) mass is 446 g/mol. The first-order valence-corrected chi connectivity index (χ1v) is 11.3. The van der Waals surface area contributed by atoms with Gasteiger partial charge in [0.2, 0.25) is 0 Å². The Labute approximate surface area is 197 Å². The number of carbonyl (C=O) groups excluding carboxylic acids is 1. The van der Waals surface area contributed by atoms with Gasteiger partial charge >= 0.3 is 0 Å². The Kier molecular flexibility index (Phi) is 7.42. The van der Waals surface area contributed by atoms with Crippen LogP contribution in [-0.4, -0.2) is 22.7 Å². The van der Waals surface area contributed by atoms with E-state index < -0.39 is 0 Å². The standard InChI is InChI=1S/C28H34N2O3/c1-8-30-20(3)23(17-29-30)25(31)13-10-21-11-14-26(32-7)22(16-21)18-33-27-15-19(2)9-12-24(27)28(4,5)6/h9-17H,8,18H2,1-7H3/b13-10+. The Balaban J connectivity index is 1.82. The number of nitrogens with zero attached hydrogens (tertiary/aromatic N) is 2. The second-order valence-corrected chi connectivity index (χ2v) is 9.27. The van der Waals surface area contributed by atoms with Gasteiger partial charge in [-0.1, -0.05) is 45.0 Å². The maximum Gasteiger partial charge on any atom is 0.189 e. The molecule has 0 N–H and O–H groups in total. The summed E-state index contributed by atoms with van der Waals surface area (Å²) in [5.41, 5.74) is 5.62. The van der Waals surface area contributed by atoms with E-state index in [9.17, 15) is 4.79 Å². The molecule has 1 aromatic heterocycles. The molecule has 3 aromatic rings. The van der Waals surface area contributed by atoms with Crippen molar-refractivity contribution in [2.24, 2.45) is 0 Å². The molecule has 5 heteroatoms. The topological polar surface area (TPSA) is 53.4 Å². The molecular weight excluding hydrogens is 412 g/mol. The molecule has 0 aliphatic carbocycles. The fourth-order valence-corrected chi connectivity index (χ4v) is 3.81. The van der Waals surface area contributed by atoms with Crippen molar-refractivity contribution in [1.29, 1.82) is 0 Å². The smallest absolute Gasteiger partial charge is 0.189 e. The van der Waals surface area contributed by atoms with Crippen LogP contribution in [0.15, 0.2) is 48.7 Å². The molecule has 5 nitrogen and oxygen atoms in total. The Morgan fingerprint density at radius 1 is 1.09 bits per heavy atom. The van der Waals surface area contributed by atoms with E-state index in [1.54, 1.807) is 19.4 Å². The van der Waals surface area contributed by atoms with Crippen molar-refractivity contribution in [2.45, 2.75) is 60.1 Å².